The summed E-state index contributed by atoms with van der Waals surface area (Å²) >= 11 is 0. The van der Waals surface area contributed by atoms with Crippen LogP contribution < -0.4 is 15.8 Å². The fourth-order valence-electron chi connectivity index (χ4n) is 1.34. The van der Waals surface area contributed by atoms with E-state index in [1.54, 1.807) is 25.4 Å². The Morgan fingerprint density at radius 2 is 2.31 bits per heavy atom. The molecule has 0 atom stereocenters. The highest BCUT2D eigenvalue weighted by Crippen LogP contribution is 2.24. The highest BCUT2D eigenvalue weighted by Gasteiger charge is 2.02. The molecule has 0 spiro atoms. The molecule has 0 fully saturated rings. The number of aromatic nitrogens is 1. The van der Waals surface area contributed by atoms with Gasteiger partial charge in [-0.3, -0.25) is 0 Å². The minimum Gasteiger partial charge on any atom is -0.497 e. The topological polar surface area (TPSA) is 73.3 Å². The molecular formula is C11H13N3O2. The van der Waals surface area contributed by atoms with Gasteiger partial charge in [0.25, 0.3) is 0 Å². The Hall–Kier alpha value is -2.17. The first-order valence-corrected chi connectivity index (χ1v) is 4.86. The van der Waals surface area contributed by atoms with Gasteiger partial charge in [-0.2, -0.15) is 0 Å². The molecule has 1 aromatic carbocycles. The smallest absolute Gasteiger partial charge is 0.155 e. The van der Waals surface area contributed by atoms with Gasteiger partial charge in [-0.05, 0) is 12.1 Å². The van der Waals surface area contributed by atoms with Crippen LogP contribution in [0.4, 0.5) is 11.4 Å². The Bertz CT molecular complexity index is 454. The summed E-state index contributed by atoms with van der Waals surface area (Å²) in [6.07, 6.45) is 1.61. The van der Waals surface area contributed by atoms with Crippen LogP contribution in [-0.4, -0.2) is 12.3 Å². The van der Waals surface area contributed by atoms with Crippen molar-refractivity contribution >= 4 is 11.4 Å². The lowest BCUT2D eigenvalue weighted by atomic mass is 10.2. The fourth-order valence-corrected chi connectivity index (χ4v) is 1.34. The molecule has 16 heavy (non-hydrogen) atoms. The quantitative estimate of drug-likeness (QED) is 0.768. The Balaban J connectivity index is 2.04. The van der Waals surface area contributed by atoms with Gasteiger partial charge in [-0.1, -0.05) is 5.16 Å². The van der Waals surface area contributed by atoms with Gasteiger partial charge in [0.2, 0.25) is 0 Å². The van der Waals surface area contributed by atoms with Crippen molar-refractivity contribution in [1.29, 1.82) is 0 Å². The zero-order valence-electron chi connectivity index (χ0n) is 8.93. The summed E-state index contributed by atoms with van der Waals surface area (Å²) in [5.74, 6) is 1.50. The summed E-state index contributed by atoms with van der Waals surface area (Å²) in [6, 6.07) is 7.28. The normalized spacial score (nSPS) is 10.1. The third kappa shape index (κ3) is 2.25. The molecule has 0 aliphatic carbocycles. The molecule has 2 aromatic rings. The number of anilines is 2. The molecule has 0 radical (unpaired) electrons. The third-order valence-corrected chi connectivity index (χ3v) is 2.20. The number of benzene rings is 1. The van der Waals surface area contributed by atoms with E-state index >= 15 is 0 Å². The van der Waals surface area contributed by atoms with E-state index in [1.165, 1.54) is 0 Å². The summed E-state index contributed by atoms with van der Waals surface area (Å²) in [7, 11) is 1.61. The first-order valence-electron chi connectivity index (χ1n) is 4.86. The highest BCUT2D eigenvalue weighted by atomic mass is 16.5. The predicted molar refractivity (Wildman–Crippen MR) is 61.2 cm³/mol. The monoisotopic (exact) mass is 219 g/mol. The van der Waals surface area contributed by atoms with Crippen molar-refractivity contribution in [3.63, 3.8) is 0 Å². The summed E-state index contributed by atoms with van der Waals surface area (Å²) in [5.41, 5.74) is 7.33. The number of nitrogens with two attached hydrogens (primary N) is 1. The van der Waals surface area contributed by atoms with Crippen molar-refractivity contribution in [2.45, 2.75) is 6.54 Å². The molecule has 3 N–H and O–H groups in total. The number of hydrogen-bond donors (Lipinski definition) is 2. The van der Waals surface area contributed by atoms with E-state index in [2.05, 4.69) is 10.5 Å². The minimum atomic E-state index is 0.552. The standard InChI is InChI=1S/C11H13N3O2/c1-15-8-2-3-11(10(12)6-8)13-7-9-4-5-14-16-9/h2-6,13H,7,12H2,1H3. The highest BCUT2D eigenvalue weighted by molar-refractivity contribution is 5.68. The van der Waals surface area contributed by atoms with E-state index in [9.17, 15) is 0 Å². The number of nitrogens with zero attached hydrogens (tertiary/aromatic N) is 1. The average Bonchev–Trinajstić information content (AvgIpc) is 2.80. The maximum Gasteiger partial charge on any atom is 0.155 e. The van der Waals surface area contributed by atoms with E-state index < -0.39 is 0 Å². The van der Waals surface area contributed by atoms with E-state index in [-0.39, 0.29) is 0 Å². The molecule has 1 heterocycles. The molecule has 0 amide bonds. The van der Waals surface area contributed by atoms with E-state index in [0.29, 0.717) is 12.2 Å². The largest absolute Gasteiger partial charge is 0.497 e. The molecule has 0 aliphatic rings. The molecule has 1 aromatic heterocycles. The number of nitrogens with one attached hydrogen (secondary N) is 1. The lowest BCUT2D eigenvalue weighted by molar-refractivity contribution is 0.388. The molecule has 84 valence electrons. The van der Waals surface area contributed by atoms with Crippen molar-refractivity contribution in [2.24, 2.45) is 0 Å². The second-order valence-corrected chi connectivity index (χ2v) is 3.29. The minimum absolute atomic E-state index is 0.552. The number of hydrogen-bond acceptors (Lipinski definition) is 5. The molecule has 0 bridgehead atoms. The predicted octanol–water partition coefficient (Wildman–Crippen LogP) is 1.88. The first kappa shape index (κ1) is 10.4. The van der Waals surface area contributed by atoms with Crippen molar-refractivity contribution in [3.8, 4) is 5.75 Å². The van der Waals surface area contributed by atoms with Crippen LogP contribution in [0, 0.1) is 0 Å². The Morgan fingerprint density at radius 1 is 1.44 bits per heavy atom. The Labute approximate surface area is 93.2 Å². The van der Waals surface area contributed by atoms with Gasteiger partial charge in [0.05, 0.1) is 31.2 Å². The van der Waals surface area contributed by atoms with Crippen LogP contribution in [0.15, 0.2) is 35.0 Å². The van der Waals surface area contributed by atoms with Crippen molar-refractivity contribution in [2.75, 3.05) is 18.2 Å². The third-order valence-electron chi connectivity index (χ3n) is 2.20. The molecule has 0 saturated heterocycles. The van der Waals surface area contributed by atoms with Crippen LogP contribution in [0.2, 0.25) is 0 Å². The van der Waals surface area contributed by atoms with Gasteiger partial charge < -0.3 is 20.3 Å². The second-order valence-electron chi connectivity index (χ2n) is 3.29. The molecule has 5 heteroatoms. The molecule has 5 nitrogen and oxygen atoms in total. The van der Waals surface area contributed by atoms with Gasteiger partial charge >= 0.3 is 0 Å². The Kier molecular flexibility index (Phi) is 2.95. The summed E-state index contributed by atoms with van der Waals surface area (Å²) in [5, 5.41) is 6.77. The first-order chi connectivity index (χ1) is 7.79. The second kappa shape index (κ2) is 4.57. The molecular weight excluding hydrogens is 206 g/mol. The van der Waals surface area contributed by atoms with E-state index in [0.717, 1.165) is 17.2 Å². The molecule has 2 rings (SSSR count). The maximum absolute atomic E-state index is 5.85. The summed E-state index contributed by atoms with van der Waals surface area (Å²) in [4.78, 5) is 0. The number of ether oxygens (including phenoxy) is 1. The lowest BCUT2D eigenvalue weighted by Gasteiger charge is -2.09. The maximum atomic E-state index is 5.85. The van der Waals surface area contributed by atoms with Gasteiger partial charge in [0, 0.05) is 12.1 Å². The van der Waals surface area contributed by atoms with Gasteiger partial charge in [0.15, 0.2) is 5.76 Å². The van der Waals surface area contributed by atoms with E-state index in [4.69, 9.17) is 15.0 Å². The SMILES string of the molecule is COc1ccc(NCc2ccno2)c(N)c1. The zero-order chi connectivity index (χ0) is 11.4. The van der Waals surface area contributed by atoms with Crippen LogP contribution >= 0.6 is 0 Å². The summed E-state index contributed by atoms with van der Waals surface area (Å²) in [6.45, 7) is 0.552. The van der Waals surface area contributed by atoms with Gasteiger partial charge in [-0.15, -0.1) is 0 Å². The van der Waals surface area contributed by atoms with Crippen LogP contribution in [0.3, 0.4) is 0 Å². The van der Waals surface area contributed by atoms with Crippen LogP contribution in [0.5, 0.6) is 5.75 Å². The molecule has 0 aliphatic heterocycles. The molecule has 0 unspecified atom stereocenters. The zero-order valence-corrected chi connectivity index (χ0v) is 8.93. The van der Waals surface area contributed by atoms with Crippen molar-refractivity contribution < 1.29 is 9.26 Å². The Morgan fingerprint density at radius 3 is 2.94 bits per heavy atom. The summed E-state index contributed by atoms with van der Waals surface area (Å²) < 4.78 is 10.0. The van der Waals surface area contributed by atoms with Crippen LogP contribution in [0.25, 0.3) is 0 Å². The average molecular weight is 219 g/mol. The number of nitrogen functional groups attached to an aromatic ring is 1. The van der Waals surface area contributed by atoms with Gasteiger partial charge in [-0.25, -0.2) is 0 Å². The van der Waals surface area contributed by atoms with Crippen LogP contribution in [-0.2, 0) is 6.54 Å². The van der Waals surface area contributed by atoms with Crippen LogP contribution in [0.1, 0.15) is 5.76 Å². The molecule has 0 saturated carbocycles. The van der Waals surface area contributed by atoms with Gasteiger partial charge in [0.1, 0.15) is 5.75 Å². The number of methoxy groups -OCH3 is 1. The van der Waals surface area contributed by atoms with Crippen molar-refractivity contribution in [3.05, 3.63) is 36.2 Å². The number of rotatable bonds is 4. The van der Waals surface area contributed by atoms with E-state index in [1.807, 2.05) is 12.1 Å². The van der Waals surface area contributed by atoms with Crippen molar-refractivity contribution in [1.82, 2.24) is 5.16 Å². The lowest BCUT2D eigenvalue weighted by Crippen LogP contribution is -2.01. The fraction of sp³-hybridized carbons (Fsp3) is 0.182.